The summed E-state index contributed by atoms with van der Waals surface area (Å²) in [6.45, 7) is 2.23. The topological polar surface area (TPSA) is 38.1 Å². The molecule has 1 aromatic carbocycles. The SMILES string of the molecule is Cc1ccc(NCc2cnco2)cc1F. The van der Waals surface area contributed by atoms with E-state index in [0.717, 1.165) is 11.4 Å². The second-order valence-corrected chi connectivity index (χ2v) is 3.29. The highest BCUT2D eigenvalue weighted by Crippen LogP contribution is 2.14. The molecule has 15 heavy (non-hydrogen) atoms. The smallest absolute Gasteiger partial charge is 0.180 e. The number of hydrogen-bond acceptors (Lipinski definition) is 3. The number of oxazole rings is 1. The fourth-order valence-corrected chi connectivity index (χ4v) is 1.22. The zero-order valence-electron chi connectivity index (χ0n) is 8.33. The van der Waals surface area contributed by atoms with E-state index in [2.05, 4.69) is 10.3 Å². The van der Waals surface area contributed by atoms with Gasteiger partial charge in [-0.3, -0.25) is 0 Å². The number of aryl methyl sites for hydroxylation is 1. The number of anilines is 1. The number of aromatic nitrogens is 1. The van der Waals surface area contributed by atoms with Crippen LogP contribution in [0.4, 0.5) is 10.1 Å². The fraction of sp³-hybridized carbons (Fsp3) is 0.182. The van der Waals surface area contributed by atoms with E-state index in [4.69, 9.17) is 4.42 Å². The van der Waals surface area contributed by atoms with Gasteiger partial charge in [0.1, 0.15) is 11.6 Å². The van der Waals surface area contributed by atoms with Crippen molar-refractivity contribution in [3.05, 3.63) is 47.9 Å². The Balaban J connectivity index is 2.02. The van der Waals surface area contributed by atoms with Crippen molar-refractivity contribution in [2.75, 3.05) is 5.32 Å². The first-order valence-corrected chi connectivity index (χ1v) is 4.63. The average Bonchev–Trinajstić information content (AvgIpc) is 2.73. The Labute approximate surface area is 86.9 Å². The third kappa shape index (κ3) is 2.34. The largest absolute Gasteiger partial charge is 0.447 e. The summed E-state index contributed by atoms with van der Waals surface area (Å²) < 4.78 is 18.2. The Morgan fingerprint density at radius 3 is 3.00 bits per heavy atom. The van der Waals surface area contributed by atoms with Crippen molar-refractivity contribution in [3.63, 3.8) is 0 Å². The minimum atomic E-state index is -0.211. The number of nitrogens with one attached hydrogen (secondary N) is 1. The molecule has 3 nitrogen and oxygen atoms in total. The summed E-state index contributed by atoms with van der Waals surface area (Å²) in [5.41, 5.74) is 1.37. The van der Waals surface area contributed by atoms with E-state index in [1.807, 2.05) is 6.07 Å². The molecule has 4 heteroatoms. The molecule has 0 unspecified atom stereocenters. The molecule has 0 spiro atoms. The lowest BCUT2D eigenvalue weighted by molar-refractivity contribution is 0.511. The highest BCUT2D eigenvalue weighted by atomic mass is 19.1. The Bertz CT molecular complexity index is 440. The van der Waals surface area contributed by atoms with Gasteiger partial charge in [0.15, 0.2) is 6.39 Å². The molecule has 0 aliphatic heterocycles. The molecule has 0 saturated carbocycles. The van der Waals surface area contributed by atoms with E-state index in [1.54, 1.807) is 19.2 Å². The molecule has 0 atom stereocenters. The van der Waals surface area contributed by atoms with Crippen molar-refractivity contribution < 1.29 is 8.81 Å². The maximum atomic E-state index is 13.2. The molecule has 2 aromatic rings. The summed E-state index contributed by atoms with van der Waals surface area (Å²) in [5, 5.41) is 3.04. The van der Waals surface area contributed by atoms with Gasteiger partial charge in [0.05, 0.1) is 12.7 Å². The van der Waals surface area contributed by atoms with Crippen molar-refractivity contribution in [1.82, 2.24) is 4.98 Å². The second-order valence-electron chi connectivity index (χ2n) is 3.29. The quantitative estimate of drug-likeness (QED) is 0.839. The van der Waals surface area contributed by atoms with E-state index >= 15 is 0 Å². The summed E-state index contributed by atoms with van der Waals surface area (Å²) in [5.74, 6) is 0.508. The molecular formula is C11H11FN2O. The molecule has 0 bridgehead atoms. The van der Waals surface area contributed by atoms with Gasteiger partial charge in [0.25, 0.3) is 0 Å². The van der Waals surface area contributed by atoms with Crippen molar-refractivity contribution in [1.29, 1.82) is 0 Å². The predicted molar refractivity (Wildman–Crippen MR) is 55.0 cm³/mol. The van der Waals surface area contributed by atoms with E-state index in [1.165, 1.54) is 12.5 Å². The Morgan fingerprint density at radius 2 is 2.33 bits per heavy atom. The monoisotopic (exact) mass is 206 g/mol. The molecule has 0 aliphatic carbocycles. The van der Waals surface area contributed by atoms with Crippen LogP contribution in [0.5, 0.6) is 0 Å². The molecule has 0 saturated heterocycles. The first-order valence-electron chi connectivity index (χ1n) is 4.63. The molecular weight excluding hydrogens is 195 g/mol. The van der Waals surface area contributed by atoms with Crippen molar-refractivity contribution in [3.8, 4) is 0 Å². The third-order valence-electron chi connectivity index (χ3n) is 2.12. The minimum absolute atomic E-state index is 0.211. The Morgan fingerprint density at radius 1 is 1.47 bits per heavy atom. The molecule has 78 valence electrons. The van der Waals surface area contributed by atoms with Crippen LogP contribution in [-0.4, -0.2) is 4.98 Å². The van der Waals surface area contributed by atoms with Crippen molar-refractivity contribution in [2.45, 2.75) is 13.5 Å². The first-order chi connectivity index (χ1) is 7.25. The van der Waals surface area contributed by atoms with Crippen LogP contribution in [-0.2, 0) is 6.54 Å². The number of rotatable bonds is 3. The van der Waals surface area contributed by atoms with Crippen LogP contribution in [0.25, 0.3) is 0 Å². The fourth-order valence-electron chi connectivity index (χ4n) is 1.22. The number of halogens is 1. The summed E-state index contributed by atoms with van der Waals surface area (Å²) in [7, 11) is 0. The van der Waals surface area contributed by atoms with Gasteiger partial charge >= 0.3 is 0 Å². The molecule has 0 aliphatic rings. The maximum absolute atomic E-state index is 13.2. The van der Waals surface area contributed by atoms with E-state index in [0.29, 0.717) is 12.1 Å². The summed E-state index contributed by atoms with van der Waals surface area (Å²) in [6.07, 6.45) is 2.99. The van der Waals surface area contributed by atoms with E-state index in [9.17, 15) is 4.39 Å². The average molecular weight is 206 g/mol. The molecule has 1 N–H and O–H groups in total. The van der Waals surface area contributed by atoms with Gasteiger partial charge in [-0.25, -0.2) is 9.37 Å². The summed E-state index contributed by atoms with van der Waals surface area (Å²) in [4.78, 5) is 3.79. The zero-order valence-corrected chi connectivity index (χ0v) is 8.33. The minimum Gasteiger partial charge on any atom is -0.447 e. The van der Waals surface area contributed by atoms with Gasteiger partial charge in [0.2, 0.25) is 0 Å². The van der Waals surface area contributed by atoms with Gasteiger partial charge < -0.3 is 9.73 Å². The highest BCUT2D eigenvalue weighted by molar-refractivity contribution is 5.45. The van der Waals surface area contributed by atoms with Crippen molar-refractivity contribution in [2.24, 2.45) is 0 Å². The van der Waals surface area contributed by atoms with Crippen LogP contribution in [0.2, 0.25) is 0 Å². The van der Waals surface area contributed by atoms with Crippen LogP contribution in [0.15, 0.2) is 35.2 Å². The first kappa shape index (κ1) is 9.71. The Kier molecular flexibility index (Phi) is 2.67. The van der Waals surface area contributed by atoms with Crippen LogP contribution >= 0.6 is 0 Å². The third-order valence-corrected chi connectivity index (χ3v) is 2.12. The van der Waals surface area contributed by atoms with Gasteiger partial charge in [-0.1, -0.05) is 6.07 Å². The lowest BCUT2D eigenvalue weighted by atomic mass is 10.2. The molecule has 2 rings (SSSR count). The molecule has 1 heterocycles. The van der Waals surface area contributed by atoms with Crippen LogP contribution in [0, 0.1) is 12.7 Å². The van der Waals surface area contributed by atoms with Crippen LogP contribution < -0.4 is 5.32 Å². The van der Waals surface area contributed by atoms with E-state index < -0.39 is 0 Å². The van der Waals surface area contributed by atoms with Crippen LogP contribution in [0.1, 0.15) is 11.3 Å². The number of hydrogen-bond donors (Lipinski definition) is 1. The lowest BCUT2D eigenvalue weighted by Gasteiger charge is -2.05. The molecule has 0 radical (unpaired) electrons. The standard InChI is InChI=1S/C11H11FN2O/c1-8-2-3-9(4-11(8)12)14-6-10-5-13-7-15-10/h2-5,7,14H,6H2,1H3. The lowest BCUT2D eigenvalue weighted by Crippen LogP contribution is -1.98. The zero-order chi connectivity index (χ0) is 10.7. The van der Waals surface area contributed by atoms with Crippen LogP contribution in [0.3, 0.4) is 0 Å². The predicted octanol–water partition coefficient (Wildman–Crippen LogP) is 2.73. The molecule has 0 fully saturated rings. The van der Waals surface area contributed by atoms with E-state index in [-0.39, 0.29) is 5.82 Å². The van der Waals surface area contributed by atoms with Crippen molar-refractivity contribution >= 4 is 5.69 Å². The van der Waals surface area contributed by atoms with Gasteiger partial charge in [-0.05, 0) is 24.6 Å². The summed E-state index contributed by atoms with van der Waals surface area (Å²) >= 11 is 0. The number of nitrogens with zero attached hydrogens (tertiary/aromatic N) is 1. The summed E-state index contributed by atoms with van der Waals surface area (Å²) in [6, 6.07) is 5.03. The molecule has 1 aromatic heterocycles. The molecule has 0 amide bonds. The van der Waals surface area contributed by atoms with Gasteiger partial charge in [-0.2, -0.15) is 0 Å². The number of benzene rings is 1. The second kappa shape index (κ2) is 4.13. The normalized spacial score (nSPS) is 10.3. The van der Waals surface area contributed by atoms with Gasteiger partial charge in [0, 0.05) is 5.69 Å². The van der Waals surface area contributed by atoms with Gasteiger partial charge in [-0.15, -0.1) is 0 Å². The Hall–Kier alpha value is -1.84. The maximum Gasteiger partial charge on any atom is 0.180 e. The highest BCUT2D eigenvalue weighted by Gasteiger charge is 2.00.